The zero-order valence-corrected chi connectivity index (χ0v) is 12.8. The Labute approximate surface area is 118 Å². The van der Waals surface area contributed by atoms with E-state index in [0.717, 1.165) is 24.3 Å². The monoisotopic (exact) mass is 259 g/mol. The standard InChI is InChI=1S/C18H29N/c1-4-15-5-7-16(8-6-15)12-17(11-14(2)3)13-19-18-9-10-18/h5-8,14,17-19H,4,9-13H2,1-3H3. The van der Waals surface area contributed by atoms with E-state index in [1.807, 2.05) is 0 Å². The van der Waals surface area contributed by atoms with Crippen LogP contribution in [0.3, 0.4) is 0 Å². The van der Waals surface area contributed by atoms with Gasteiger partial charge in [-0.25, -0.2) is 0 Å². The van der Waals surface area contributed by atoms with E-state index >= 15 is 0 Å². The van der Waals surface area contributed by atoms with Crippen LogP contribution >= 0.6 is 0 Å². The summed E-state index contributed by atoms with van der Waals surface area (Å²) in [5.41, 5.74) is 2.95. The van der Waals surface area contributed by atoms with Crippen molar-refractivity contribution in [3.05, 3.63) is 35.4 Å². The quantitative estimate of drug-likeness (QED) is 0.737. The van der Waals surface area contributed by atoms with Gasteiger partial charge < -0.3 is 5.32 Å². The second kappa shape index (κ2) is 7.09. The SMILES string of the molecule is CCc1ccc(CC(CNC2CC2)CC(C)C)cc1. The van der Waals surface area contributed by atoms with Crippen molar-refractivity contribution in [3.63, 3.8) is 0 Å². The van der Waals surface area contributed by atoms with Crippen LogP contribution in [0.5, 0.6) is 0 Å². The van der Waals surface area contributed by atoms with Crippen molar-refractivity contribution in [1.82, 2.24) is 5.32 Å². The van der Waals surface area contributed by atoms with Gasteiger partial charge in [-0.1, -0.05) is 45.0 Å². The zero-order chi connectivity index (χ0) is 13.7. The summed E-state index contributed by atoms with van der Waals surface area (Å²) in [6.07, 6.45) is 6.47. The molecule has 1 fully saturated rings. The molecule has 0 aromatic heterocycles. The van der Waals surface area contributed by atoms with Crippen LogP contribution in [0, 0.1) is 11.8 Å². The number of benzene rings is 1. The van der Waals surface area contributed by atoms with E-state index in [9.17, 15) is 0 Å². The fourth-order valence-corrected chi connectivity index (χ4v) is 2.77. The van der Waals surface area contributed by atoms with Gasteiger partial charge in [0, 0.05) is 6.04 Å². The third-order valence-corrected chi connectivity index (χ3v) is 4.03. The Bertz CT molecular complexity index is 362. The summed E-state index contributed by atoms with van der Waals surface area (Å²) in [6, 6.07) is 10.1. The lowest BCUT2D eigenvalue weighted by molar-refractivity contribution is 0.384. The maximum Gasteiger partial charge on any atom is 0.00683 e. The second-order valence-electron chi connectivity index (χ2n) is 6.55. The van der Waals surface area contributed by atoms with Gasteiger partial charge in [-0.05, 0) is 61.6 Å². The molecular weight excluding hydrogens is 230 g/mol. The van der Waals surface area contributed by atoms with E-state index in [-0.39, 0.29) is 0 Å². The van der Waals surface area contributed by atoms with Crippen LogP contribution in [0.25, 0.3) is 0 Å². The number of aryl methyl sites for hydroxylation is 1. The first-order valence-corrected chi connectivity index (χ1v) is 7.98. The molecular formula is C18H29N. The molecule has 1 heteroatoms. The summed E-state index contributed by atoms with van der Waals surface area (Å²) in [5.74, 6) is 1.58. The van der Waals surface area contributed by atoms with E-state index in [4.69, 9.17) is 0 Å². The first-order chi connectivity index (χ1) is 9.17. The van der Waals surface area contributed by atoms with Gasteiger partial charge >= 0.3 is 0 Å². The molecule has 1 N–H and O–H groups in total. The van der Waals surface area contributed by atoms with Gasteiger partial charge in [-0.3, -0.25) is 0 Å². The minimum absolute atomic E-state index is 0.785. The van der Waals surface area contributed by atoms with E-state index in [2.05, 4.69) is 50.4 Å². The highest BCUT2D eigenvalue weighted by molar-refractivity contribution is 5.22. The van der Waals surface area contributed by atoms with Crippen LogP contribution in [0.4, 0.5) is 0 Å². The molecule has 1 saturated carbocycles. The highest BCUT2D eigenvalue weighted by Gasteiger charge is 2.22. The Morgan fingerprint density at radius 1 is 1.11 bits per heavy atom. The number of nitrogens with one attached hydrogen (secondary N) is 1. The topological polar surface area (TPSA) is 12.0 Å². The maximum absolute atomic E-state index is 3.70. The van der Waals surface area contributed by atoms with Crippen molar-refractivity contribution in [2.75, 3.05) is 6.54 Å². The highest BCUT2D eigenvalue weighted by atomic mass is 14.9. The average molecular weight is 259 g/mol. The van der Waals surface area contributed by atoms with Crippen LogP contribution in [-0.4, -0.2) is 12.6 Å². The van der Waals surface area contributed by atoms with Crippen molar-refractivity contribution in [2.24, 2.45) is 11.8 Å². The van der Waals surface area contributed by atoms with E-state index in [1.54, 1.807) is 0 Å². The van der Waals surface area contributed by atoms with Gasteiger partial charge in [0.2, 0.25) is 0 Å². The lowest BCUT2D eigenvalue weighted by atomic mass is 9.90. The van der Waals surface area contributed by atoms with Crippen LogP contribution < -0.4 is 5.32 Å². The summed E-state index contributed by atoms with van der Waals surface area (Å²) < 4.78 is 0. The molecule has 0 saturated heterocycles. The summed E-state index contributed by atoms with van der Waals surface area (Å²) >= 11 is 0. The molecule has 1 aliphatic carbocycles. The van der Waals surface area contributed by atoms with Gasteiger partial charge in [0.05, 0.1) is 0 Å². The second-order valence-corrected chi connectivity index (χ2v) is 6.55. The predicted octanol–water partition coefficient (Wildman–Crippen LogP) is 4.21. The molecule has 1 aromatic rings. The lowest BCUT2D eigenvalue weighted by Crippen LogP contribution is -2.27. The van der Waals surface area contributed by atoms with E-state index < -0.39 is 0 Å². The molecule has 2 rings (SSSR count). The van der Waals surface area contributed by atoms with Crippen LogP contribution in [0.15, 0.2) is 24.3 Å². The lowest BCUT2D eigenvalue weighted by Gasteiger charge is -2.20. The predicted molar refractivity (Wildman–Crippen MR) is 83.5 cm³/mol. The van der Waals surface area contributed by atoms with Gasteiger partial charge in [0.15, 0.2) is 0 Å². The molecule has 0 spiro atoms. The molecule has 1 atom stereocenters. The Hall–Kier alpha value is -0.820. The Kier molecular flexibility index (Phi) is 5.45. The fourth-order valence-electron chi connectivity index (χ4n) is 2.77. The summed E-state index contributed by atoms with van der Waals surface area (Å²) in [7, 11) is 0. The van der Waals surface area contributed by atoms with Gasteiger partial charge in [-0.15, -0.1) is 0 Å². The summed E-state index contributed by atoms with van der Waals surface area (Å²) in [5, 5.41) is 3.70. The van der Waals surface area contributed by atoms with Gasteiger partial charge in [0.1, 0.15) is 0 Å². The van der Waals surface area contributed by atoms with Crippen LogP contribution in [-0.2, 0) is 12.8 Å². The average Bonchev–Trinajstić information content (AvgIpc) is 3.20. The molecule has 19 heavy (non-hydrogen) atoms. The molecule has 1 nitrogen and oxygen atoms in total. The van der Waals surface area contributed by atoms with Crippen molar-refractivity contribution in [2.45, 2.75) is 58.9 Å². The number of hydrogen-bond acceptors (Lipinski definition) is 1. The number of hydrogen-bond donors (Lipinski definition) is 1. The van der Waals surface area contributed by atoms with E-state index in [1.165, 1.54) is 43.4 Å². The Morgan fingerprint density at radius 3 is 2.26 bits per heavy atom. The molecule has 0 radical (unpaired) electrons. The smallest absolute Gasteiger partial charge is 0.00683 e. The normalized spacial score (nSPS) is 16.8. The van der Waals surface area contributed by atoms with Crippen molar-refractivity contribution >= 4 is 0 Å². The molecule has 1 unspecified atom stereocenters. The van der Waals surface area contributed by atoms with Gasteiger partial charge in [-0.2, -0.15) is 0 Å². The van der Waals surface area contributed by atoms with E-state index in [0.29, 0.717) is 0 Å². The zero-order valence-electron chi connectivity index (χ0n) is 12.8. The Morgan fingerprint density at radius 2 is 1.74 bits per heavy atom. The molecule has 0 bridgehead atoms. The summed E-state index contributed by atoms with van der Waals surface area (Å²) in [4.78, 5) is 0. The molecule has 0 amide bonds. The Balaban J connectivity index is 1.88. The third kappa shape index (κ3) is 5.36. The van der Waals surface area contributed by atoms with Crippen LogP contribution in [0.2, 0.25) is 0 Å². The largest absolute Gasteiger partial charge is 0.314 e. The van der Waals surface area contributed by atoms with Crippen molar-refractivity contribution < 1.29 is 0 Å². The first kappa shape index (κ1) is 14.6. The molecule has 0 aliphatic heterocycles. The third-order valence-electron chi connectivity index (χ3n) is 4.03. The molecule has 1 aliphatic rings. The molecule has 106 valence electrons. The molecule has 1 aromatic carbocycles. The first-order valence-electron chi connectivity index (χ1n) is 7.98. The fraction of sp³-hybridized carbons (Fsp3) is 0.667. The maximum atomic E-state index is 3.70. The minimum atomic E-state index is 0.785. The summed E-state index contributed by atoms with van der Waals surface area (Å²) in [6.45, 7) is 8.09. The van der Waals surface area contributed by atoms with Crippen LogP contribution in [0.1, 0.15) is 51.2 Å². The van der Waals surface area contributed by atoms with Crippen molar-refractivity contribution in [3.8, 4) is 0 Å². The number of rotatable bonds is 8. The molecule has 0 heterocycles. The van der Waals surface area contributed by atoms with Crippen molar-refractivity contribution in [1.29, 1.82) is 0 Å². The van der Waals surface area contributed by atoms with Gasteiger partial charge in [0.25, 0.3) is 0 Å². The minimum Gasteiger partial charge on any atom is -0.314 e. The highest BCUT2D eigenvalue weighted by Crippen LogP contribution is 2.22.